The average Bonchev–Trinajstić information content (AvgIpc) is 2.69. The van der Waals surface area contributed by atoms with Crippen LogP contribution in [0.1, 0.15) is 12.8 Å². The molecule has 1 aliphatic carbocycles. The molecule has 14 heavy (non-hydrogen) atoms. The molecule has 0 aromatic carbocycles. The van der Waals surface area contributed by atoms with E-state index in [1.807, 2.05) is 0 Å². The van der Waals surface area contributed by atoms with Gasteiger partial charge in [-0.1, -0.05) is 6.58 Å². The molecule has 1 aliphatic heterocycles. The van der Waals surface area contributed by atoms with Crippen LogP contribution in [0, 0.1) is 11.8 Å². The molecule has 1 N–H and O–H groups in total. The van der Waals surface area contributed by atoms with Crippen molar-refractivity contribution in [3.63, 3.8) is 0 Å². The molecule has 2 aliphatic rings. The van der Waals surface area contributed by atoms with Crippen LogP contribution in [0.2, 0.25) is 0 Å². The van der Waals surface area contributed by atoms with E-state index in [4.69, 9.17) is 11.6 Å². The van der Waals surface area contributed by atoms with Crippen LogP contribution in [0.15, 0.2) is 12.2 Å². The molecule has 2 rings (SSSR count). The third-order valence-corrected chi connectivity index (χ3v) is 3.91. The molecule has 0 amide bonds. The molecule has 0 aromatic heterocycles. The van der Waals surface area contributed by atoms with E-state index in [0.29, 0.717) is 17.7 Å². The number of hydrogen-bond acceptors (Lipinski definition) is 2. The molecule has 1 saturated heterocycles. The first-order chi connectivity index (χ1) is 6.70. The first-order valence-corrected chi connectivity index (χ1v) is 5.87. The number of aliphatic hydroxyl groups is 1. The van der Waals surface area contributed by atoms with Gasteiger partial charge < -0.3 is 5.11 Å². The summed E-state index contributed by atoms with van der Waals surface area (Å²) in [7, 11) is 0. The molecule has 0 aromatic rings. The van der Waals surface area contributed by atoms with Gasteiger partial charge in [0.2, 0.25) is 0 Å². The zero-order chi connectivity index (χ0) is 10.1. The van der Waals surface area contributed by atoms with E-state index in [1.165, 1.54) is 6.42 Å². The molecule has 0 spiro atoms. The zero-order valence-electron chi connectivity index (χ0n) is 8.45. The molecule has 3 atom stereocenters. The Balaban J connectivity index is 1.86. The summed E-state index contributed by atoms with van der Waals surface area (Å²) in [5.41, 5.74) is 1.08. The monoisotopic (exact) mass is 215 g/mol. The summed E-state index contributed by atoms with van der Waals surface area (Å²) in [4.78, 5) is 2.38. The van der Waals surface area contributed by atoms with Gasteiger partial charge in [0.05, 0.1) is 6.10 Å². The third kappa shape index (κ3) is 1.97. The average molecular weight is 216 g/mol. The molecule has 1 heterocycles. The van der Waals surface area contributed by atoms with Crippen LogP contribution in [0.3, 0.4) is 0 Å². The van der Waals surface area contributed by atoms with Crippen molar-refractivity contribution in [2.75, 3.05) is 25.5 Å². The lowest BCUT2D eigenvalue weighted by atomic mass is 10.00. The van der Waals surface area contributed by atoms with Crippen molar-refractivity contribution >= 4 is 11.6 Å². The normalized spacial score (nSPS) is 37.4. The predicted octanol–water partition coefficient (Wildman–Crippen LogP) is 1.48. The highest BCUT2D eigenvalue weighted by Gasteiger charge is 2.41. The first-order valence-electron chi connectivity index (χ1n) is 5.33. The second-order valence-electron chi connectivity index (χ2n) is 4.65. The molecule has 2 fully saturated rings. The minimum Gasteiger partial charge on any atom is -0.393 e. The maximum Gasteiger partial charge on any atom is 0.0583 e. The van der Waals surface area contributed by atoms with Crippen molar-refractivity contribution in [3.8, 4) is 0 Å². The molecule has 0 radical (unpaired) electrons. The van der Waals surface area contributed by atoms with Gasteiger partial charge in [-0.25, -0.2) is 0 Å². The van der Waals surface area contributed by atoms with Gasteiger partial charge in [-0.05, 0) is 24.3 Å². The second-order valence-corrected chi connectivity index (χ2v) is 4.91. The summed E-state index contributed by atoms with van der Waals surface area (Å²) in [6, 6.07) is 0. The second kappa shape index (κ2) is 4.21. The highest BCUT2D eigenvalue weighted by molar-refractivity contribution is 6.19. The fraction of sp³-hybridized carbons (Fsp3) is 0.818. The molecule has 2 nitrogen and oxygen atoms in total. The number of alkyl halides is 1. The lowest BCUT2D eigenvalue weighted by Gasteiger charge is -2.18. The fourth-order valence-electron chi connectivity index (χ4n) is 2.82. The van der Waals surface area contributed by atoms with E-state index in [2.05, 4.69) is 11.5 Å². The molecule has 1 saturated carbocycles. The Labute approximate surface area is 90.5 Å². The van der Waals surface area contributed by atoms with Gasteiger partial charge in [-0.3, -0.25) is 4.90 Å². The van der Waals surface area contributed by atoms with Crippen LogP contribution in [0.4, 0.5) is 0 Å². The summed E-state index contributed by atoms with van der Waals surface area (Å²) in [6.45, 7) is 6.97. The Kier molecular flexibility index (Phi) is 3.15. The van der Waals surface area contributed by atoms with Gasteiger partial charge in [0.1, 0.15) is 0 Å². The van der Waals surface area contributed by atoms with Gasteiger partial charge >= 0.3 is 0 Å². The zero-order valence-corrected chi connectivity index (χ0v) is 9.21. The van der Waals surface area contributed by atoms with Crippen LogP contribution < -0.4 is 0 Å². The lowest BCUT2D eigenvalue weighted by Crippen LogP contribution is -2.26. The number of halogens is 1. The summed E-state index contributed by atoms with van der Waals surface area (Å²) in [5, 5.41) is 9.73. The number of aliphatic hydroxyl groups excluding tert-OH is 1. The predicted molar refractivity (Wildman–Crippen MR) is 58.5 cm³/mol. The minimum absolute atomic E-state index is 0.0609. The highest BCUT2D eigenvalue weighted by Crippen LogP contribution is 2.38. The van der Waals surface area contributed by atoms with Crippen LogP contribution in [-0.4, -0.2) is 41.6 Å². The Morgan fingerprint density at radius 2 is 2.21 bits per heavy atom. The number of hydrogen-bond donors (Lipinski definition) is 1. The molecular formula is C11H18ClNO. The Morgan fingerprint density at radius 3 is 2.86 bits per heavy atom. The summed E-state index contributed by atoms with van der Waals surface area (Å²) < 4.78 is 0. The van der Waals surface area contributed by atoms with Crippen LogP contribution in [-0.2, 0) is 0 Å². The van der Waals surface area contributed by atoms with Gasteiger partial charge in [0.15, 0.2) is 0 Å². The smallest absolute Gasteiger partial charge is 0.0583 e. The van der Waals surface area contributed by atoms with Crippen molar-refractivity contribution in [1.29, 1.82) is 0 Å². The first kappa shape index (κ1) is 10.5. The minimum atomic E-state index is -0.0609. The quantitative estimate of drug-likeness (QED) is 0.570. The molecule has 3 heteroatoms. The van der Waals surface area contributed by atoms with Crippen LogP contribution >= 0.6 is 11.6 Å². The van der Waals surface area contributed by atoms with Gasteiger partial charge in [-0.15, -0.1) is 11.6 Å². The van der Waals surface area contributed by atoms with Crippen molar-refractivity contribution in [3.05, 3.63) is 12.2 Å². The van der Waals surface area contributed by atoms with Crippen molar-refractivity contribution in [2.24, 2.45) is 11.8 Å². The number of fused-ring (bicyclic) bond motifs is 1. The van der Waals surface area contributed by atoms with E-state index in [-0.39, 0.29) is 6.10 Å². The van der Waals surface area contributed by atoms with Crippen molar-refractivity contribution in [1.82, 2.24) is 4.90 Å². The highest BCUT2D eigenvalue weighted by atomic mass is 35.5. The van der Waals surface area contributed by atoms with E-state index < -0.39 is 0 Å². The Hall–Kier alpha value is -0.0500. The number of rotatable bonds is 3. The third-order valence-electron chi connectivity index (χ3n) is 3.53. The maximum absolute atomic E-state index is 9.73. The summed E-state index contributed by atoms with van der Waals surface area (Å²) >= 11 is 5.70. The molecular weight excluding hydrogens is 198 g/mol. The van der Waals surface area contributed by atoms with E-state index in [1.54, 1.807) is 0 Å². The number of likely N-dealkylation sites (tertiary alicyclic amines) is 1. The standard InChI is InChI=1S/C11H18ClNO/c1-8(4-12)5-13-6-9-2-3-11(14)10(9)7-13/h9-11,14H,1-7H2. The summed E-state index contributed by atoms with van der Waals surface area (Å²) in [6.07, 6.45) is 2.13. The number of nitrogens with zero attached hydrogens (tertiary/aromatic N) is 1. The van der Waals surface area contributed by atoms with E-state index in [0.717, 1.165) is 31.6 Å². The SMILES string of the molecule is C=C(CCl)CN1CC2CCC(O)C2C1. The van der Waals surface area contributed by atoms with Crippen molar-refractivity contribution < 1.29 is 5.11 Å². The van der Waals surface area contributed by atoms with Crippen LogP contribution in [0.25, 0.3) is 0 Å². The summed E-state index contributed by atoms with van der Waals surface area (Å²) in [5.74, 6) is 1.78. The van der Waals surface area contributed by atoms with Gasteiger partial charge in [-0.2, -0.15) is 0 Å². The lowest BCUT2D eigenvalue weighted by molar-refractivity contribution is 0.125. The fourth-order valence-corrected chi connectivity index (χ4v) is 2.90. The Bertz CT molecular complexity index is 231. The molecule has 3 unspecified atom stereocenters. The van der Waals surface area contributed by atoms with Crippen LogP contribution in [0.5, 0.6) is 0 Å². The molecule has 0 bridgehead atoms. The largest absolute Gasteiger partial charge is 0.393 e. The topological polar surface area (TPSA) is 23.5 Å². The van der Waals surface area contributed by atoms with Gasteiger partial charge in [0.25, 0.3) is 0 Å². The Morgan fingerprint density at radius 1 is 1.43 bits per heavy atom. The van der Waals surface area contributed by atoms with Gasteiger partial charge in [0, 0.05) is 31.4 Å². The molecule has 80 valence electrons. The van der Waals surface area contributed by atoms with Crippen molar-refractivity contribution in [2.45, 2.75) is 18.9 Å². The van der Waals surface area contributed by atoms with E-state index in [9.17, 15) is 5.11 Å². The maximum atomic E-state index is 9.73. The van der Waals surface area contributed by atoms with E-state index >= 15 is 0 Å².